The van der Waals surface area contributed by atoms with Gasteiger partial charge in [-0.2, -0.15) is 0 Å². The van der Waals surface area contributed by atoms with Gasteiger partial charge in [-0.3, -0.25) is 9.88 Å². The Bertz CT molecular complexity index is 612. The lowest BCUT2D eigenvalue weighted by Gasteiger charge is -2.51. The Labute approximate surface area is 149 Å². The Balaban J connectivity index is 1.79. The Kier molecular flexibility index (Phi) is 5.29. The number of pyridine rings is 1. The summed E-state index contributed by atoms with van der Waals surface area (Å²) in [6.45, 7) is 7.66. The molecule has 0 bridgehead atoms. The van der Waals surface area contributed by atoms with Crippen molar-refractivity contribution in [3.05, 3.63) is 24.0 Å². The van der Waals surface area contributed by atoms with Crippen molar-refractivity contribution in [2.24, 2.45) is 0 Å². The first kappa shape index (κ1) is 18.1. The van der Waals surface area contributed by atoms with E-state index >= 15 is 0 Å². The van der Waals surface area contributed by atoms with Crippen LogP contribution in [0.3, 0.4) is 0 Å². The van der Waals surface area contributed by atoms with Crippen LogP contribution < -0.4 is 5.32 Å². The van der Waals surface area contributed by atoms with Crippen LogP contribution in [-0.2, 0) is 4.74 Å². The van der Waals surface area contributed by atoms with E-state index in [9.17, 15) is 9.90 Å². The van der Waals surface area contributed by atoms with Gasteiger partial charge < -0.3 is 15.2 Å². The summed E-state index contributed by atoms with van der Waals surface area (Å²) in [5.74, 6) is -0.944. The molecule has 1 aliphatic carbocycles. The standard InChI is InChI=1S/C19H29N3O3/c1-18(2)14-22(10-11-25-18)19(7-4-3-5-8-19)13-21-16-6-9-20-12-15(16)17(23)24/h6,9,12H,3-5,7-8,10-11,13-14H2,1-2H3,(H,20,21)(H,23,24). The summed E-state index contributed by atoms with van der Waals surface area (Å²) in [5.41, 5.74) is 0.819. The molecule has 1 aliphatic heterocycles. The van der Waals surface area contributed by atoms with Crippen LogP contribution in [0.4, 0.5) is 5.69 Å². The summed E-state index contributed by atoms with van der Waals surface area (Å²) >= 11 is 0. The summed E-state index contributed by atoms with van der Waals surface area (Å²) in [6.07, 6.45) is 9.07. The first-order valence-electron chi connectivity index (χ1n) is 9.22. The van der Waals surface area contributed by atoms with Crippen molar-refractivity contribution in [3.8, 4) is 0 Å². The highest BCUT2D eigenvalue weighted by molar-refractivity contribution is 5.93. The molecule has 25 heavy (non-hydrogen) atoms. The average Bonchev–Trinajstić information content (AvgIpc) is 2.60. The second kappa shape index (κ2) is 7.30. The molecule has 0 amide bonds. The van der Waals surface area contributed by atoms with Gasteiger partial charge in [0, 0.05) is 37.6 Å². The number of aromatic carboxylic acids is 1. The lowest BCUT2D eigenvalue weighted by molar-refractivity contribution is -0.120. The minimum absolute atomic E-state index is 0.0678. The van der Waals surface area contributed by atoms with Crippen molar-refractivity contribution in [1.29, 1.82) is 0 Å². The monoisotopic (exact) mass is 347 g/mol. The van der Waals surface area contributed by atoms with E-state index in [2.05, 4.69) is 29.0 Å². The molecule has 1 saturated heterocycles. The molecule has 0 spiro atoms. The molecule has 0 radical (unpaired) electrons. The summed E-state index contributed by atoms with van der Waals surface area (Å²) in [6, 6.07) is 1.75. The molecule has 2 heterocycles. The van der Waals surface area contributed by atoms with Gasteiger partial charge in [0.2, 0.25) is 0 Å². The minimum Gasteiger partial charge on any atom is -0.478 e. The maximum absolute atomic E-state index is 11.4. The number of carboxylic acids is 1. The van der Waals surface area contributed by atoms with Crippen LogP contribution in [0, 0.1) is 0 Å². The molecule has 138 valence electrons. The van der Waals surface area contributed by atoms with Crippen LogP contribution in [-0.4, -0.2) is 58.3 Å². The van der Waals surface area contributed by atoms with E-state index in [0.717, 1.165) is 39.1 Å². The number of morpholine rings is 1. The van der Waals surface area contributed by atoms with E-state index in [-0.39, 0.29) is 16.7 Å². The van der Waals surface area contributed by atoms with Crippen LogP contribution in [0.15, 0.2) is 18.5 Å². The predicted molar refractivity (Wildman–Crippen MR) is 97.1 cm³/mol. The summed E-state index contributed by atoms with van der Waals surface area (Å²) in [5, 5.41) is 12.8. The number of nitrogens with zero attached hydrogens (tertiary/aromatic N) is 2. The smallest absolute Gasteiger partial charge is 0.339 e. The SMILES string of the molecule is CC1(C)CN(C2(CNc3ccncc3C(=O)O)CCCCC2)CCO1. The van der Waals surface area contributed by atoms with E-state index < -0.39 is 5.97 Å². The highest BCUT2D eigenvalue weighted by atomic mass is 16.5. The van der Waals surface area contributed by atoms with Crippen molar-refractivity contribution in [2.45, 2.75) is 57.1 Å². The molecule has 0 atom stereocenters. The second-order valence-corrected chi connectivity index (χ2v) is 7.89. The lowest BCUT2D eigenvalue weighted by atomic mass is 9.79. The third-order valence-corrected chi connectivity index (χ3v) is 5.54. The summed E-state index contributed by atoms with van der Waals surface area (Å²) < 4.78 is 5.90. The van der Waals surface area contributed by atoms with Gasteiger partial charge in [-0.05, 0) is 32.8 Å². The van der Waals surface area contributed by atoms with Crippen molar-refractivity contribution >= 4 is 11.7 Å². The molecule has 1 aromatic rings. The van der Waals surface area contributed by atoms with E-state index in [4.69, 9.17) is 4.74 Å². The zero-order valence-electron chi connectivity index (χ0n) is 15.3. The van der Waals surface area contributed by atoms with E-state index in [1.165, 1.54) is 25.5 Å². The Morgan fingerprint density at radius 1 is 1.36 bits per heavy atom. The first-order valence-corrected chi connectivity index (χ1v) is 9.22. The molecule has 1 aromatic heterocycles. The van der Waals surface area contributed by atoms with Gasteiger partial charge >= 0.3 is 5.97 Å². The Morgan fingerprint density at radius 3 is 2.80 bits per heavy atom. The molecule has 6 heteroatoms. The van der Waals surface area contributed by atoms with Crippen molar-refractivity contribution in [3.63, 3.8) is 0 Å². The molecular weight excluding hydrogens is 318 g/mol. The average molecular weight is 347 g/mol. The normalized spacial score (nSPS) is 23.1. The number of rotatable bonds is 5. The minimum atomic E-state index is -0.944. The lowest BCUT2D eigenvalue weighted by Crippen LogP contribution is -2.61. The van der Waals surface area contributed by atoms with Gasteiger partial charge in [0.15, 0.2) is 0 Å². The van der Waals surface area contributed by atoms with Crippen molar-refractivity contribution in [2.75, 3.05) is 31.6 Å². The molecule has 3 rings (SSSR count). The van der Waals surface area contributed by atoms with Gasteiger partial charge in [-0.15, -0.1) is 0 Å². The number of carbonyl (C=O) groups is 1. The zero-order valence-corrected chi connectivity index (χ0v) is 15.3. The molecule has 0 unspecified atom stereocenters. The van der Waals surface area contributed by atoms with Crippen LogP contribution in [0.5, 0.6) is 0 Å². The molecule has 2 aliphatic rings. The number of carboxylic acid groups (broad SMARTS) is 1. The van der Waals surface area contributed by atoms with Crippen LogP contribution >= 0.6 is 0 Å². The van der Waals surface area contributed by atoms with Gasteiger partial charge in [0.25, 0.3) is 0 Å². The topological polar surface area (TPSA) is 74.7 Å². The molecule has 2 fully saturated rings. The van der Waals surface area contributed by atoms with Crippen LogP contribution in [0.2, 0.25) is 0 Å². The van der Waals surface area contributed by atoms with Gasteiger partial charge in [0.1, 0.15) is 5.56 Å². The number of anilines is 1. The van der Waals surface area contributed by atoms with E-state index in [0.29, 0.717) is 5.69 Å². The van der Waals surface area contributed by atoms with Gasteiger partial charge in [-0.1, -0.05) is 19.3 Å². The number of aromatic nitrogens is 1. The zero-order chi connectivity index (χ0) is 17.9. The Morgan fingerprint density at radius 2 is 2.12 bits per heavy atom. The third-order valence-electron chi connectivity index (χ3n) is 5.54. The Hall–Kier alpha value is -1.66. The first-order chi connectivity index (χ1) is 11.9. The highest BCUT2D eigenvalue weighted by Crippen LogP contribution is 2.36. The molecule has 0 aromatic carbocycles. The molecular formula is C19H29N3O3. The maximum atomic E-state index is 11.4. The predicted octanol–water partition coefficient (Wildman–Crippen LogP) is 3.01. The number of ether oxygens (including phenoxy) is 1. The van der Waals surface area contributed by atoms with Crippen LogP contribution in [0.1, 0.15) is 56.3 Å². The van der Waals surface area contributed by atoms with Gasteiger partial charge in [-0.25, -0.2) is 4.79 Å². The number of hydrogen-bond donors (Lipinski definition) is 2. The third kappa shape index (κ3) is 4.12. The second-order valence-electron chi connectivity index (χ2n) is 7.89. The van der Waals surface area contributed by atoms with E-state index in [1.54, 1.807) is 12.3 Å². The maximum Gasteiger partial charge on any atom is 0.339 e. The van der Waals surface area contributed by atoms with E-state index in [1.807, 2.05) is 0 Å². The molecule has 1 saturated carbocycles. The fourth-order valence-electron chi connectivity index (χ4n) is 4.21. The number of hydrogen-bond acceptors (Lipinski definition) is 5. The van der Waals surface area contributed by atoms with Crippen molar-refractivity contribution in [1.82, 2.24) is 9.88 Å². The quantitative estimate of drug-likeness (QED) is 0.853. The fraction of sp³-hybridized carbons (Fsp3) is 0.684. The summed E-state index contributed by atoms with van der Waals surface area (Å²) in [7, 11) is 0. The molecule has 6 nitrogen and oxygen atoms in total. The summed E-state index contributed by atoms with van der Waals surface area (Å²) in [4.78, 5) is 17.9. The van der Waals surface area contributed by atoms with Crippen molar-refractivity contribution < 1.29 is 14.6 Å². The largest absolute Gasteiger partial charge is 0.478 e. The number of nitrogens with one attached hydrogen (secondary N) is 1. The molecule has 2 N–H and O–H groups in total. The fourth-order valence-corrected chi connectivity index (χ4v) is 4.21. The van der Waals surface area contributed by atoms with Gasteiger partial charge in [0.05, 0.1) is 17.9 Å². The highest BCUT2D eigenvalue weighted by Gasteiger charge is 2.42. The van der Waals surface area contributed by atoms with Crippen LogP contribution in [0.25, 0.3) is 0 Å².